The first-order chi connectivity index (χ1) is 10.1. The minimum absolute atomic E-state index is 0.286. The molecule has 0 spiro atoms. The maximum Gasteiger partial charge on any atom is 0.240 e. The van der Waals surface area contributed by atoms with Crippen molar-refractivity contribution in [1.29, 1.82) is 0 Å². The number of nitrogens with zero attached hydrogens (tertiary/aromatic N) is 2. The first-order valence-electron chi connectivity index (χ1n) is 6.48. The number of halogens is 1. The molecule has 0 aliphatic heterocycles. The summed E-state index contributed by atoms with van der Waals surface area (Å²) in [5.74, 6) is 0.419. The van der Waals surface area contributed by atoms with Crippen molar-refractivity contribution in [3.05, 3.63) is 47.0 Å². The maximum atomic E-state index is 13.6. The van der Waals surface area contributed by atoms with Crippen LogP contribution in [0.15, 0.2) is 24.4 Å². The third-order valence-electron chi connectivity index (χ3n) is 3.11. The zero-order valence-corrected chi connectivity index (χ0v) is 12.5. The molecule has 1 aromatic heterocycles. The van der Waals surface area contributed by atoms with Gasteiger partial charge in [-0.05, 0) is 37.2 Å². The first kappa shape index (κ1) is 15.2. The van der Waals surface area contributed by atoms with E-state index >= 15 is 0 Å². The van der Waals surface area contributed by atoms with E-state index in [2.05, 4.69) is 15.3 Å². The molecule has 0 saturated carbocycles. The molecule has 1 atom stereocenters. The van der Waals surface area contributed by atoms with E-state index in [1.54, 1.807) is 7.05 Å². The van der Waals surface area contributed by atoms with Gasteiger partial charge in [0.15, 0.2) is 0 Å². The fourth-order valence-corrected chi connectivity index (χ4v) is 2.21. The number of methoxy groups -OCH3 is 2. The van der Waals surface area contributed by atoms with Gasteiger partial charge < -0.3 is 14.8 Å². The average Bonchev–Trinajstić information content (AvgIpc) is 2.47. The van der Waals surface area contributed by atoms with E-state index in [4.69, 9.17) is 9.47 Å². The van der Waals surface area contributed by atoms with Crippen LogP contribution in [-0.2, 0) is 0 Å². The Labute approximate surface area is 123 Å². The summed E-state index contributed by atoms with van der Waals surface area (Å²) < 4.78 is 23.9. The molecule has 0 aliphatic carbocycles. The second-order valence-corrected chi connectivity index (χ2v) is 4.59. The van der Waals surface area contributed by atoms with Gasteiger partial charge in [0.05, 0.1) is 26.5 Å². The summed E-state index contributed by atoms with van der Waals surface area (Å²) >= 11 is 0. The van der Waals surface area contributed by atoms with Gasteiger partial charge in [0, 0.05) is 0 Å². The Morgan fingerprint density at radius 3 is 2.52 bits per heavy atom. The highest BCUT2D eigenvalue weighted by molar-refractivity contribution is 5.36. The summed E-state index contributed by atoms with van der Waals surface area (Å²) in [5.41, 5.74) is 2.17. The van der Waals surface area contributed by atoms with Crippen LogP contribution in [0.3, 0.4) is 0 Å². The second kappa shape index (κ2) is 6.49. The molecular weight excluding hydrogens is 273 g/mol. The number of ether oxygens (including phenoxy) is 2. The van der Waals surface area contributed by atoms with E-state index < -0.39 is 0 Å². The van der Waals surface area contributed by atoms with Gasteiger partial charge in [-0.1, -0.05) is 6.07 Å². The monoisotopic (exact) mass is 291 g/mol. The fourth-order valence-electron chi connectivity index (χ4n) is 2.21. The molecule has 0 amide bonds. The SMILES string of the molecule is CNC(c1cc(C)cc(F)c1)c1ncc(OC)nc1OC. The Hall–Kier alpha value is -2.21. The minimum Gasteiger partial charge on any atom is -0.480 e. The lowest BCUT2D eigenvalue weighted by Gasteiger charge is -2.19. The van der Waals surface area contributed by atoms with Crippen molar-refractivity contribution in [2.24, 2.45) is 0 Å². The molecule has 5 nitrogen and oxygen atoms in total. The topological polar surface area (TPSA) is 56.3 Å². The van der Waals surface area contributed by atoms with Crippen molar-refractivity contribution in [1.82, 2.24) is 15.3 Å². The summed E-state index contributed by atoms with van der Waals surface area (Å²) in [5, 5.41) is 3.11. The van der Waals surface area contributed by atoms with E-state index in [0.717, 1.165) is 11.1 Å². The highest BCUT2D eigenvalue weighted by Crippen LogP contribution is 2.28. The molecule has 1 aromatic carbocycles. The molecule has 0 radical (unpaired) electrons. The Bertz CT molecular complexity index is 614. The lowest BCUT2D eigenvalue weighted by atomic mass is 10.0. The number of rotatable bonds is 5. The molecule has 2 aromatic rings. The van der Waals surface area contributed by atoms with Crippen LogP contribution in [-0.4, -0.2) is 31.2 Å². The normalized spacial score (nSPS) is 12.0. The molecule has 0 aliphatic rings. The number of nitrogens with one attached hydrogen (secondary N) is 1. The molecule has 2 rings (SSSR count). The zero-order chi connectivity index (χ0) is 15.4. The van der Waals surface area contributed by atoms with Gasteiger partial charge in [0.2, 0.25) is 11.8 Å². The van der Waals surface area contributed by atoms with E-state index in [-0.39, 0.29) is 11.9 Å². The van der Waals surface area contributed by atoms with Crippen LogP contribution in [0.2, 0.25) is 0 Å². The van der Waals surface area contributed by atoms with Crippen LogP contribution < -0.4 is 14.8 Å². The number of aromatic nitrogens is 2. The van der Waals surface area contributed by atoms with Gasteiger partial charge in [0.1, 0.15) is 11.5 Å². The highest BCUT2D eigenvalue weighted by atomic mass is 19.1. The lowest BCUT2D eigenvalue weighted by Crippen LogP contribution is -2.20. The predicted octanol–water partition coefficient (Wildman–Crippen LogP) is 2.25. The largest absolute Gasteiger partial charge is 0.480 e. The first-order valence-corrected chi connectivity index (χ1v) is 6.48. The van der Waals surface area contributed by atoms with Gasteiger partial charge in [-0.3, -0.25) is 0 Å². The van der Waals surface area contributed by atoms with Gasteiger partial charge in [0.25, 0.3) is 0 Å². The highest BCUT2D eigenvalue weighted by Gasteiger charge is 2.21. The fraction of sp³-hybridized carbons (Fsp3) is 0.333. The molecule has 0 fully saturated rings. The Balaban J connectivity index is 2.50. The zero-order valence-electron chi connectivity index (χ0n) is 12.5. The van der Waals surface area contributed by atoms with Crippen molar-refractivity contribution < 1.29 is 13.9 Å². The summed E-state index contributed by atoms with van der Waals surface area (Å²) in [6.45, 7) is 1.84. The minimum atomic E-state index is -0.326. The van der Waals surface area contributed by atoms with Crippen LogP contribution >= 0.6 is 0 Å². The summed E-state index contributed by atoms with van der Waals surface area (Å²) in [6.07, 6.45) is 1.51. The molecule has 0 saturated heterocycles. The van der Waals surface area contributed by atoms with E-state index in [0.29, 0.717) is 17.5 Å². The van der Waals surface area contributed by atoms with Gasteiger partial charge in [-0.2, -0.15) is 4.98 Å². The van der Waals surface area contributed by atoms with Crippen LogP contribution in [0.4, 0.5) is 4.39 Å². The number of aryl methyl sites for hydroxylation is 1. The van der Waals surface area contributed by atoms with Crippen molar-refractivity contribution in [3.63, 3.8) is 0 Å². The summed E-state index contributed by atoms with van der Waals surface area (Å²) in [4.78, 5) is 8.54. The third kappa shape index (κ3) is 3.28. The van der Waals surface area contributed by atoms with Crippen LogP contribution in [0.1, 0.15) is 22.9 Å². The molecular formula is C15H18FN3O2. The molecule has 1 N–H and O–H groups in total. The summed E-state index contributed by atoms with van der Waals surface area (Å²) in [7, 11) is 4.79. The van der Waals surface area contributed by atoms with Crippen molar-refractivity contribution >= 4 is 0 Å². The number of benzene rings is 1. The molecule has 21 heavy (non-hydrogen) atoms. The molecule has 1 unspecified atom stereocenters. The maximum absolute atomic E-state index is 13.6. The van der Waals surface area contributed by atoms with Crippen molar-refractivity contribution in [3.8, 4) is 11.8 Å². The molecule has 112 valence electrons. The molecule has 0 bridgehead atoms. The van der Waals surface area contributed by atoms with Crippen LogP contribution in [0, 0.1) is 12.7 Å². The van der Waals surface area contributed by atoms with E-state index in [1.165, 1.54) is 32.5 Å². The van der Waals surface area contributed by atoms with Crippen molar-refractivity contribution in [2.75, 3.05) is 21.3 Å². The molecule has 1 heterocycles. The Morgan fingerprint density at radius 2 is 1.95 bits per heavy atom. The third-order valence-corrected chi connectivity index (χ3v) is 3.11. The van der Waals surface area contributed by atoms with Gasteiger partial charge in [-0.15, -0.1) is 0 Å². The number of hydrogen-bond acceptors (Lipinski definition) is 5. The lowest BCUT2D eigenvalue weighted by molar-refractivity contribution is 0.353. The van der Waals surface area contributed by atoms with Crippen LogP contribution in [0.25, 0.3) is 0 Å². The average molecular weight is 291 g/mol. The predicted molar refractivity (Wildman–Crippen MR) is 77.2 cm³/mol. The second-order valence-electron chi connectivity index (χ2n) is 4.59. The van der Waals surface area contributed by atoms with E-state index in [9.17, 15) is 4.39 Å². The molecule has 6 heteroatoms. The van der Waals surface area contributed by atoms with Gasteiger partial charge in [-0.25, -0.2) is 9.37 Å². The standard InChI is InChI=1S/C15H18FN3O2/c1-9-5-10(7-11(16)6-9)13(17-2)14-15(21-4)19-12(20-3)8-18-14/h5-8,13,17H,1-4H3. The number of hydrogen-bond donors (Lipinski definition) is 1. The quantitative estimate of drug-likeness (QED) is 0.915. The van der Waals surface area contributed by atoms with Crippen molar-refractivity contribution in [2.45, 2.75) is 13.0 Å². The van der Waals surface area contributed by atoms with Gasteiger partial charge >= 0.3 is 0 Å². The Kier molecular flexibility index (Phi) is 4.70. The van der Waals surface area contributed by atoms with Crippen LogP contribution in [0.5, 0.6) is 11.8 Å². The smallest absolute Gasteiger partial charge is 0.240 e. The summed E-state index contributed by atoms with van der Waals surface area (Å²) in [6, 6.07) is 4.52. The Morgan fingerprint density at radius 1 is 1.19 bits per heavy atom. The van der Waals surface area contributed by atoms with E-state index in [1.807, 2.05) is 13.0 Å².